The van der Waals surface area contributed by atoms with Gasteiger partial charge in [-0.1, -0.05) is 45.7 Å². The second kappa shape index (κ2) is 6.91. The molecule has 0 saturated carbocycles. The summed E-state index contributed by atoms with van der Waals surface area (Å²) in [5.74, 6) is 0. The highest BCUT2D eigenvalue weighted by Crippen LogP contribution is 2.30. The minimum atomic E-state index is -0.351. The number of nitro groups is 1. The van der Waals surface area contributed by atoms with E-state index in [9.17, 15) is 10.1 Å². The second-order valence-corrected chi connectivity index (χ2v) is 5.70. The Bertz CT molecular complexity index is 664. The van der Waals surface area contributed by atoms with Gasteiger partial charge in [-0.2, -0.15) is 0 Å². The van der Waals surface area contributed by atoms with Gasteiger partial charge < -0.3 is 4.90 Å². The number of nitrogens with zero attached hydrogens (tertiary/aromatic N) is 2. The first kappa shape index (κ1) is 15.8. The summed E-state index contributed by atoms with van der Waals surface area (Å²) in [5, 5.41) is 12.5. The summed E-state index contributed by atoms with van der Waals surface area (Å²) in [7, 11) is 1.83. The van der Waals surface area contributed by atoms with Crippen molar-refractivity contribution in [1.29, 1.82) is 0 Å². The monoisotopic (exact) mass is 368 g/mol. The third-order valence-corrected chi connectivity index (χ3v) is 3.99. The molecule has 0 unspecified atom stereocenters. The molecule has 2 aromatic carbocycles. The van der Waals surface area contributed by atoms with E-state index in [1.807, 2.05) is 36.2 Å². The number of nitro benzene ring substituents is 1. The Kier molecular flexibility index (Phi) is 5.20. The summed E-state index contributed by atoms with van der Waals surface area (Å²) in [6.07, 6.45) is 0. The van der Waals surface area contributed by atoms with Crippen LogP contribution in [0.15, 0.2) is 42.5 Å². The lowest BCUT2D eigenvalue weighted by Crippen LogP contribution is -2.17. The molecule has 2 rings (SSSR count). The average Bonchev–Trinajstić information content (AvgIpc) is 2.46. The molecule has 0 radical (unpaired) electrons. The minimum Gasteiger partial charge on any atom is -0.365 e. The lowest BCUT2D eigenvalue weighted by molar-refractivity contribution is -0.384. The van der Waals surface area contributed by atoms with E-state index in [0.717, 1.165) is 11.1 Å². The minimum absolute atomic E-state index is 0.108. The molecule has 4 nitrogen and oxygen atoms in total. The predicted octanol–water partition coefficient (Wildman–Crippen LogP) is 4.78. The van der Waals surface area contributed by atoms with E-state index in [0.29, 0.717) is 22.6 Å². The Balaban J connectivity index is 2.30. The first-order valence-electron chi connectivity index (χ1n) is 6.30. The van der Waals surface area contributed by atoms with Gasteiger partial charge in [0.2, 0.25) is 0 Å². The molecular weight excluding hydrogens is 356 g/mol. The second-order valence-electron chi connectivity index (χ2n) is 4.70. The molecule has 0 N–H and O–H groups in total. The molecule has 0 aliphatic heterocycles. The van der Waals surface area contributed by atoms with Gasteiger partial charge in [0.15, 0.2) is 0 Å². The standard InChI is InChI=1S/C15H14BrClN2O2/c1-18(10-12-3-2-4-13(17)7-12)14-6-5-11(9-16)8-15(14)19(20)21/h2-8H,9-10H2,1H3. The van der Waals surface area contributed by atoms with E-state index in [1.165, 1.54) is 0 Å². The maximum Gasteiger partial charge on any atom is 0.292 e. The SMILES string of the molecule is CN(Cc1cccc(Cl)c1)c1ccc(CBr)cc1[N+](=O)[O-]. The maximum atomic E-state index is 11.2. The van der Waals surface area contributed by atoms with Crippen LogP contribution in [0.4, 0.5) is 11.4 Å². The summed E-state index contributed by atoms with van der Waals surface area (Å²) in [6, 6.07) is 12.7. The number of anilines is 1. The molecule has 6 heteroatoms. The quantitative estimate of drug-likeness (QED) is 0.433. The largest absolute Gasteiger partial charge is 0.365 e. The molecule has 0 aliphatic carbocycles. The van der Waals surface area contributed by atoms with Crippen LogP contribution in [-0.4, -0.2) is 12.0 Å². The van der Waals surface area contributed by atoms with Crippen molar-refractivity contribution in [2.45, 2.75) is 11.9 Å². The van der Waals surface area contributed by atoms with Crippen molar-refractivity contribution >= 4 is 38.9 Å². The van der Waals surface area contributed by atoms with Gasteiger partial charge in [-0.3, -0.25) is 10.1 Å². The van der Waals surface area contributed by atoms with Gasteiger partial charge in [0.05, 0.1) is 4.92 Å². The van der Waals surface area contributed by atoms with Crippen LogP contribution in [0.2, 0.25) is 5.02 Å². The highest BCUT2D eigenvalue weighted by molar-refractivity contribution is 9.08. The third-order valence-electron chi connectivity index (χ3n) is 3.11. The average molecular weight is 370 g/mol. The van der Waals surface area contributed by atoms with E-state index in [-0.39, 0.29) is 10.6 Å². The van der Waals surface area contributed by atoms with Crippen LogP contribution in [0.3, 0.4) is 0 Å². The fraction of sp³-hybridized carbons (Fsp3) is 0.200. The Hall–Kier alpha value is -1.59. The van der Waals surface area contributed by atoms with E-state index in [4.69, 9.17) is 11.6 Å². The summed E-state index contributed by atoms with van der Waals surface area (Å²) in [5.41, 5.74) is 2.58. The number of benzene rings is 2. The van der Waals surface area contributed by atoms with Gasteiger partial charge in [-0.05, 0) is 29.3 Å². The number of hydrogen-bond donors (Lipinski definition) is 0. The van der Waals surface area contributed by atoms with Gasteiger partial charge in [-0.25, -0.2) is 0 Å². The molecule has 0 bridgehead atoms. The first-order chi connectivity index (χ1) is 10.0. The van der Waals surface area contributed by atoms with Crippen LogP contribution in [0.25, 0.3) is 0 Å². The van der Waals surface area contributed by atoms with Gasteiger partial charge in [0.1, 0.15) is 5.69 Å². The maximum absolute atomic E-state index is 11.2. The molecule has 21 heavy (non-hydrogen) atoms. The summed E-state index contributed by atoms with van der Waals surface area (Å²) < 4.78 is 0. The van der Waals surface area contributed by atoms with Crippen molar-refractivity contribution in [3.05, 3.63) is 68.7 Å². The summed E-state index contributed by atoms with van der Waals surface area (Å²) >= 11 is 9.28. The lowest BCUT2D eigenvalue weighted by Gasteiger charge is -2.19. The molecule has 0 amide bonds. The molecule has 2 aromatic rings. The molecule has 0 atom stereocenters. The zero-order valence-corrected chi connectivity index (χ0v) is 13.8. The predicted molar refractivity (Wildman–Crippen MR) is 89.3 cm³/mol. The fourth-order valence-corrected chi connectivity index (χ4v) is 2.68. The van der Waals surface area contributed by atoms with Gasteiger partial charge in [0, 0.05) is 30.0 Å². The first-order valence-corrected chi connectivity index (χ1v) is 7.80. The highest BCUT2D eigenvalue weighted by Gasteiger charge is 2.18. The summed E-state index contributed by atoms with van der Waals surface area (Å²) in [6.45, 7) is 0.551. The molecule has 0 heterocycles. The topological polar surface area (TPSA) is 46.4 Å². The number of alkyl halides is 1. The normalized spacial score (nSPS) is 10.4. The van der Waals surface area contributed by atoms with Crippen LogP contribution in [-0.2, 0) is 11.9 Å². The van der Waals surface area contributed by atoms with Crippen LogP contribution < -0.4 is 4.90 Å². The molecule has 0 fully saturated rings. The van der Waals surface area contributed by atoms with Crippen molar-refractivity contribution in [3.63, 3.8) is 0 Å². The van der Waals surface area contributed by atoms with Crippen LogP contribution in [0.5, 0.6) is 0 Å². The Morgan fingerprint density at radius 2 is 2.00 bits per heavy atom. The number of rotatable bonds is 5. The van der Waals surface area contributed by atoms with Crippen LogP contribution in [0, 0.1) is 10.1 Å². The Morgan fingerprint density at radius 1 is 1.24 bits per heavy atom. The third kappa shape index (κ3) is 3.95. The van der Waals surface area contributed by atoms with Crippen molar-refractivity contribution in [3.8, 4) is 0 Å². The fourth-order valence-electron chi connectivity index (χ4n) is 2.12. The molecule has 110 valence electrons. The highest BCUT2D eigenvalue weighted by atomic mass is 79.9. The molecule has 0 saturated heterocycles. The molecule has 0 spiro atoms. The van der Waals surface area contributed by atoms with E-state index >= 15 is 0 Å². The zero-order chi connectivity index (χ0) is 15.4. The van der Waals surface area contributed by atoms with Crippen molar-refractivity contribution in [1.82, 2.24) is 0 Å². The van der Waals surface area contributed by atoms with E-state index in [2.05, 4.69) is 15.9 Å². The van der Waals surface area contributed by atoms with Crippen LogP contribution >= 0.6 is 27.5 Å². The molecular formula is C15H14BrClN2O2. The summed E-state index contributed by atoms with van der Waals surface area (Å²) in [4.78, 5) is 12.7. The van der Waals surface area contributed by atoms with Gasteiger partial charge in [0.25, 0.3) is 5.69 Å². The van der Waals surface area contributed by atoms with Crippen molar-refractivity contribution in [2.24, 2.45) is 0 Å². The Morgan fingerprint density at radius 3 is 2.62 bits per heavy atom. The van der Waals surface area contributed by atoms with E-state index in [1.54, 1.807) is 18.2 Å². The zero-order valence-electron chi connectivity index (χ0n) is 11.4. The lowest BCUT2D eigenvalue weighted by atomic mass is 10.1. The number of halogens is 2. The number of hydrogen-bond acceptors (Lipinski definition) is 3. The Labute approximate surface area is 136 Å². The van der Waals surface area contributed by atoms with Crippen LogP contribution in [0.1, 0.15) is 11.1 Å². The molecule has 0 aliphatic rings. The van der Waals surface area contributed by atoms with E-state index < -0.39 is 0 Å². The smallest absolute Gasteiger partial charge is 0.292 e. The molecule has 0 aromatic heterocycles. The van der Waals surface area contributed by atoms with Crippen molar-refractivity contribution < 1.29 is 4.92 Å². The van der Waals surface area contributed by atoms with Crippen molar-refractivity contribution in [2.75, 3.05) is 11.9 Å². The van der Waals surface area contributed by atoms with Gasteiger partial charge >= 0.3 is 0 Å². The van der Waals surface area contributed by atoms with Gasteiger partial charge in [-0.15, -0.1) is 0 Å².